The van der Waals surface area contributed by atoms with E-state index in [0.717, 1.165) is 18.4 Å². The lowest BCUT2D eigenvalue weighted by Gasteiger charge is -2.12. The van der Waals surface area contributed by atoms with Crippen LogP contribution >= 0.6 is 46.4 Å². The van der Waals surface area contributed by atoms with Gasteiger partial charge in [0, 0.05) is 12.1 Å². The molecule has 2 rings (SSSR count). The first-order valence-corrected chi connectivity index (χ1v) is 10.5. The number of benzene rings is 2. The van der Waals surface area contributed by atoms with Gasteiger partial charge in [-0.15, -0.1) is 0 Å². The van der Waals surface area contributed by atoms with Crippen molar-refractivity contribution < 1.29 is 14.3 Å². The van der Waals surface area contributed by atoms with Crippen molar-refractivity contribution >= 4 is 52.6 Å². The first-order chi connectivity index (χ1) is 14.0. The van der Waals surface area contributed by atoms with Crippen LogP contribution in [0.1, 0.15) is 24.5 Å². The van der Waals surface area contributed by atoms with E-state index in [1.165, 1.54) is 11.6 Å². The van der Waals surface area contributed by atoms with E-state index in [9.17, 15) is 0 Å². The number of ether oxygens (including phenoxy) is 2. The van der Waals surface area contributed by atoms with Crippen molar-refractivity contribution in [1.29, 1.82) is 0 Å². The van der Waals surface area contributed by atoms with Crippen LogP contribution in [-0.2, 0) is 11.3 Å². The van der Waals surface area contributed by atoms with Crippen molar-refractivity contribution in [2.75, 3.05) is 19.8 Å². The van der Waals surface area contributed by atoms with Crippen molar-refractivity contribution in [1.82, 2.24) is 0 Å². The van der Waals surface area contributed by atoms with Crippen molar-refractivity contribution in [2.45, 2.75) is 19.8 Å². The highest BCUT2D eigenvalue weighted by molar-refractivity contribution is 6.55. The van der Waals surface area contributed by atoms with Crippen molar-refractivity contribution in [3.05, 3.63) is 68.1 Å². The third kappa shape index (κ3) is 8.75. The summed E-state index contributed by atoms with van der Waals surface area (Å²) in [5.74, 6) is 0.945. The Hall–Kier alpha value is -1.59. The summed E-state index contributed by atoms with van der Waals surface area (Å²) in [4.78, 5) is 4.95. The van der Waals surface area contributed by atoms with Crippen LogP contribution in [0.2, 0.25) is 10.0 Å². The van der Waals surface area contributed by atoms with E-state index >= 15 is 0 Å². The largest absolute Gasteiger partial charge is 0.490 e. The van der Waals surface area contributed by atoms with Gasteiger partial charge in [0.1, 0.15) is 23.5 Å². The highest BCUT2D eigenvalue weighted by atomic mass is 35.5. The number of oxime groups is 1. The summed E-state index contributed by atoms with van der Waals surface area (Å²) >= 11 is 23.6. The Kier molecular flexibility index (Phi) is 10.5. The molecule has 2 aromatic carbocycles. The molecule has 0 amide bonds. The Morgan fingerprint density at radius 1 is 1.03 bits per heavy atom. The molecule has 0 atom stereocenters. The summed E-state index contributed by atoms with van der Waals surface area (Å²) in [5, 5.41) is 4.61. The molecule has 0 radical (unpaired) electrons. The minimum atomic E-state index is 0.135. The first kappa shape index (κ1) is 23.7. The zero-order valence-electron chi connectivity index (χ0n) is 15.8. The minimum absolute atomic E-state index is 0.135. The van der Waals surface area contributed by atoms with E-state index in [4.69, 9.17) is 60.7 Å². The molecule has 0 fully saturated rings. The lowest BCUT2D eigenvalue weighted by Crippen LogP contribution is -2.01. The molecule has 8 heteroatoms. The third-order valence-electron chi connectivity index (χ3n) is 3.70. The highest BCUT2D eigenvalue weighted by Crippen LogP contribution is 2.37. The van der Waals surface area contributed by atoms with Gasteiger partial charge in [0.2, 0.25) is 0 Å². The molecule has 0 aliphatic rings. The normalized spacial score (nSPS) is 10.8. The lowest BCUT2D eigenvalue weighted by atomic mass is 10.1. The Morgan fingerprint density at radius 2 is 1.72 bits per heavy atom. The van der Waals surface area contributed by atoms with Gasteiger partial charge in [-0.25, -0.2) is 0 Å². The monoisotopic (exact) mass is 475 g/mol. The lowest BCUT2D eigenvalue weighted by molar-refractivity contribution is 0.160. The van der Waals surface area contributed by atoms with E-state index < -0.39 is 0 Å². The molecule has 0 saturated heterocycles. The Morgan fingerprint density at radius 3 is 2.34 bits per heavy atom. The van der Waals surface area contributed by atoms with Gasteiger partial charge in [-0.2, -0.15) is 0 Å². The molecule has 0 N–H and O–H groups in total. The molecular weight excluding hydrogens is 456 g/mol. The molecule has 0 heterocycles. The van der Waals surface area contributed by atoms with Gasteiger partial charge < -0.3 is 14.3 Å². The van der Waals surface area contributed by atoms with E-state index in [-0.39, 0.29) is 11.1 Å². The second kappa shape index (κ2) is 12.9. The van der Waals surface area contributed by atoms with E-state index in [1.54, 1.807) is 18.3 Å². The molecule has 2 aromatic rings. The average Bonchev–Trinajstić information content (AvgIpc) is 2.68. The van der Waals surface area contributed by atoms with Crippen LogP contribution in [-0.4, -0.2) is 26.0 Å². The SMILES string of the molecule is CCO/N=C/c1ccc(CCCOc2c(Cl)cc(OCC=C(Cl)Cl)cc2Cl)cc1. The molecule has 0 aliphatic heterocycles. The van der Waals surface area contributed by atoms with Crippen LogP contribution in [0.3, 0.4) is 0 Å². The summed E-state index contributed by atoms with van der Waals surface area (Å²) < 4.78 is 11.4. The summed E-state index contributed by atoms with van der Waals surface area (Å²) in [6.45, 7) is 3.14. The molecule has 0 aromatic heterocycles. The topological polar surface area (TPSA) is 40.0 Å². The highest BCUT2D eigenvalue weighted by Gasteiger charge is 2.10. The standard InChI is InChI=1S/C21H21Cl4NO3/c1-2-29-26-14-16-7-5-15(6-8-16)4-3-10-28-21-18(22)12-17(13-19(21)23)27-11-9-20(24)25/h5-9,12-14H,2-4,10-11H2,1H3/b26-14+. The molecule has 4 nitrogen and oxygen atoms in total. The maximum Gasteiger partial charge on any atom is 0.156 e. The molecule has 0 saturated carbocycles. The van der Waals surface area contributed by atoms with E-state index in [1.807, 2.05) is 19.1 Å². The van der Waals surface area contributed by atoms with Gasteiger partial charge in [-0.3, -0.25) is 0 Å². The van der Waals surface area contributed by atoms with E-state index in [0.29, 0.717) is 34.8 Å². The summed E-state index contributed by atoms with van der Waals surface area (Å²) in [7, 11) is 0. The molecule has 156 valence electrons. The molecule has 0 aliphatic carbocycles. The second-order valence-electron chi connectivity index (χ2n) is 5.87. The maximum atomic E-state index is 6.26. The number of aryl methyl sites for hydroxylation is 1. The Labute approximate surface area is 190 Å². The Bertz CT molecular complexity index is 811. The van der Waals surface area contributed by atoms with Crippen LogP contribution < -0.4 is 9.47 Å². The maximum absolute atomic E-state index is 6.26. The zero-order valence-corrected chi connectivity index (χ0v) is 18.9. The fourth-order valence-corrected chi connectivity index (χ4v) is 3.05. The number of halogens is 4. The molecule has 0 unspecified atom stereocenters. The van der Waals surface area contributed by atoms with Crippen LogP contribution in [0.5, 0.6) is 11.5 Å². The van der Waals surface area contributed by atoms with Crippen LogP contribution in [0.15, 0.2) is 52.1 Å². The predicted molar refractivity (Wildman–Crippen MR) is 121 cm³/mol. The molecule has 29 heavy (non-hydrogen) atoms. The van der Waals surface area contributed by atoms with Crippen LogP contribution in [0, 0.1) is 0 Å². The molecule has 0 bridgehead atoms. The summed E-state index contributed by atoms with van der Waals surface area (Å²) in [6.07, 6.45) is 4.89. The quantitative estimate of drug-likeness (QED) is 0.197. The van der Waals surface area contributed by atoms with Crippen molar-refractivity contribution in [3.63, 3.8) is 0 Å². The number of hydrogen-bond acceptors (Lipinski definition) is 4. The van der Waals surface area contributed by atoms with Crippen molar-refractivity contribution in [2.24, 2.45) is 5.16 Å². The fourth-order valence-electron chi connectivity index (χ4n) is 2.35. The summed E-state index contributed by atoms with van der Waals surface area (Å²) in [5.41, 5.74) is 2.19. The van der Waals surface area contributed by atoms with Crippen molar-refractivity contribution in [3.8, 4) is 11.5 Å². The van der Waals surface area contributed by atoms with Crippen LogP contribution in [0.4, 0.5) is 0 Å². The third-order valence-corrected chi connectivity index (χ3v) is 4.57. The van der Waals surface area contributed by atoms with Gasteiger partial charge in [-0.1, -0.05) is 75.8 Å². The Balaban J connectivity index is 1.82. The summed E-state index contributed by atoms with van der Waals surface area (Å²) in [6, 6.07) is 11.4. The van der Waals surface area contributed by atoms with Gasteiger partial charge in [0.15, 0.2) is 5.75 Å². The minimum Gasteiger partial charge on any atom is -0.490 e. The first-order valence-electron chi connectivity index (χ1n) is 8.99. The number of nitrogens with zero attached hydrogens (tertiary/aromatic N) is 1. The number of rotatable bonds is 11. The van der Waals surface area contributed by atoms with Gasteiger partial charge in [-0.05, 0) is 37.0 Å². The average molecular weight is 477 g/mol. The molecule has 0 spiro atoms. The fraction of sp³-hybridized carbons (Fsp3) is 0.286. The van der Waals surface area contributed by atoms with Gasteiger partial charge in [0.05, 0.1) is 22.9 Å². The second-order valence-corrected chi connectivity index (χ2v) is 7.69. The van der Waals surface area contributed by atoms with E-state index in [2.05, 4.69) is 17.3 Å². The van der Waals surface area contributed by atoms with Crippen LogP contribution in [0.25, 0.3) is 0 Å². The van der Waals surface area contributed by atoms with Gasteiger partial charge in [0.25, 0.3) is 0 Å². The van der Waals surface area contributed by atoms with Gasteiger partial charge >= 0.3 is 0 Å². The molecular formula is C21H21Cl4NO3. The predicted octanol–water partition coefficient (Wildman–Crippen LogP) is 7.07. The number of hydrogen-bond donors (Lipinski definition) is 0. The smallest absolute Gasteiger partial charge is 0.156 e. The zero-order chi connectivity index (χ0) is 21.1.